The molecular weight excluding hydrogens is 238 g/mol. The molecule has 2 N–H and O–H groups in total. The Morgan fingerprint density at radius 1 is 1.41 bits per heavy atom. The molecule has 0 atom stereocenters. The van der Waals surface area contributed by atoms with E-state index in [0.717, 1.165) is 23.7 Å². The lowest BCUT2D eigenvalue weighted by atomic mass is 10.3. The Balaban J connectivity index is 1.90. The first-order chi connectivity index (χ1) is 8.25. The fourth-order valence-corrected chi connectivity index (χ4v) is 1.97. The van der Waals surface area contributed by atoms with E-state index >= 15 is 0 Å². The predicted molar refractivity (Wildman–Crippen MR) is 65.5 cm³/mol. The van der Waals surface area contributed by atoms with Crippen LogP contribution in [0.1, 0.15) is 15.5 Å². The SMILES string of the molecule is O=C(O)c1cc(NCCc2nccs2)ccn1. The number of carbonyl (C=O) groups is 1. The van der Waals surface area contributed by atoms with E-state index in [0.29, 0.717) is 0 Å². The summed E-state index contributed by atoms with van der Waals surface area (Å²) in [7, 11) is 0. The van der Waals surface area contributed by atoms with Crippen LogP contribution in [-0.4, -0.2) is 27.6 Å². The molecule has 0 radical (unpaired) electrons. The monoisotopic (exact) mass is 249 g/mol. The molecule has 0 bridgehead atoms. The lowest BCUT2D eigenvalue weighted by Gasteiger charge is -2.05. The van der Waals surface area contributed by atoms with Gasteiger partial charge in [-0.3, -0.25) is 0 Å². The maximum Gasteiger partial charge on any atom is 0.354 e. The molecule has 0 spiro atoms. The van der Waals surface area contributed by atoms with Crippen molar-refractivity contribution in [2.75, 3.05) is 11.9 Å². The molecule has 0 unspecified atom stereocenters. The van der Waals surface area contributed by atoms with Gasteiger partial charge in [-0.1, -0.05) is 0 Å². The molecule has 88 valence electrons. The normalized spacial score (nSPS) is 10.1. The zero-order chi connectivity index (χ0) is 12.1. The number of nitrogens with zero attached hydrogens (tertiary/aromatic N) is 2. The molecule has 0 aliphatic rings. The molecule has 5 nitrogen and oxygen atoms in total. The van der Waals surface area contributed by atoms with Gasteiger partial charge in [0.05, 0.1) is 5.01 Å². The van der Waals surface area contributed by atoms with Gasteiger partial charge in [-0.2, -0.15) is 0 Å². The number of carboxylic acids is 1. The van der Waals surface area contributed by atoms with Crippen molar-refractivity contribution in [3.8, 4) is 0 Å². The quantitative estimate of drug-likeness (QED) is 0.846. The van der Waals surface area contributed by atoms with Crippen LogP contribution in [0.25, 0.3) is 0 Å². The van der Waals surface area contributed by atoms with Gasteiger partial charge in [-0.15, -0.1) is 11.3 Å². The molecule has 2 heterocycles. The second-order valence-electron chi connectivity index (χ2n) is 3.34. The molecule has 0 aromatic carbocycles. The van der Waals surface area contributed by atoms with E-state index in [1.807, 2.05) is 5.38 Å². The van der Waals surface area contributed by atoms with Crippen LogP contribution in [-0.2, 0) is 6.42 Å². The van der Waals surface area contributed by atoms with Gasteiger partial charge in [0.25, 0.3) is 0 Å². The fraction of sp³-hybridized carbons (Fsp3) is 0.182. The number of hydrogen-bond donors (Lipinski definition) is 2. The first kappa shape index (κ1) is 11.5. The standard InChI is InChI=1S/C11H11N3O2S/c15-11(16)9-7-8(1-3-13-9)12-4-2-10-14-5-6-17-10/h1,3,5-7H,2,4H2,(H,12,13)(H,15,16). The number of nitrogens with one attached hydrogen (secondary N) is 1. The maximum absolute atomic E-state index is 10.7. The van der Waals surface area contributed by atoms with Gasteiger partial charge < -0.3 is 10.4 Å². The average Bonchev–Trinajstić information content (AvgIpc) is 2.82. The molecule has 17 heavy (non-hydrogen) atoms. The summed E-state index contributed by atoms with van der Waals surface area (Å²) in [6.45, 7) is 0.719. The topological polar surface area (TPSA) is 75.1 Å². The van der Waals surface area contributed by atoms with E-state index in [1.165, 1.54) is 12.3 Å². The molecule has 0 aliphatic carbocycles. The van der Waals surface area contributed by atoms with Gasteiger partial charge in [0, 0.05) is 36.4 Å². The van der Waals surface area contributed by atoms with Crippen molar-refractivity contribution in [2.45, 2.75) is 6.42 Å². The van der Waals surface area contributed by atoms with Gasteiger partial charge >= 0.3 is 5.97 Å². The zero-order valence-corrected chi connectivity index (χ0v) is 9.78. The third kappa shape index (κ3) is 3.25. The molecule has 2 aromatic heterocycles. The number of aromatic nitrogens is 2. The van der Waals surface area contributed by atoms with Crippen molar-refractivity contribution in [3.05, 3.63) is 40.6 Å². The summed E-state index contributed by atoms with van der Waals surface area (Å²) in [5.74, 6) is -1.02. The van der Waals surface area contributed by atoms with Gasteiger partial charge in [0.15, 0.2) is 0 Å². The van der Waals surface area contributed by atoms with Crippen LogP contribution < -0.4 is 5.32 Å². The second-order valence-corrected chi connectivity index (χ2v) is 4.32. The highest BCUT2D eigenvalue weighted by atomic mass is 32.1. The van der Waals surface area contributed by atoms with Crippen molar-refractivity contribution in [1.82, 2.24) is 9.97 Å². The van der Waals surface area contributed by atoms with Crippen LogP contribution in [0.5, 0.6) is 0 Å². The number of pyridine rings is 1. The largest absolute Gasteiger partial charge is 0.477 e. The molecular formula is C11H11N3O2S. The Hall–Kier alpha value is -1.95. The van der Waals surface area contributed by atoms with E-state index in [1.54, 1.807) is 23.6 Å². The molecule has 0 saturated carbocycles. The molecule has 0 fully saturated rings. The molecule has 6 heteroatoms. The lowest BCUT2D eigenvalue weighted by Crippen LogP contribution is -2.06. The first-order valence-corrected chi connectivity index (χ1v) is 5.95. The summed E-state index contributed by atoms with van der Waals surface area (Å²) in [6, 6.07) is 3.26. The smallest absolute Gasteiger partial charge is 0.354 e. The third-order valence-corrected chi connectivity index (χ3v) is 2.97. The zero-order valence-electron chi connectivity index (χ0n) is 8.96. The van der Waals surface area contributed by atoms with Gasteiger partial charge in [0.1, 0.15) is 5.69 Å². The molecule has 2 aromatic rings. The number of thiazole rings is 1. The van der Waals surface area contributed by atoms with Crippen molar-refractivity contribution >= 4 is 23.0 Å². The van der Waals surface area contributed by atoms with Crippen molar-refractivity contribution in [2.24, 2.45) is 0 Å². The highest BCUT2D eigenvalue weighted by Crippen LogP contribution is 2.09. The minimum Gasteiger partial charge on any atom is -0.477 e. The van der Waals surface area contributed by atoms with Crippen LogP contribution in [0.4, 0.5) is 5.69 Å². The van der Waals surface area contributed by atoms with E-state index in [4.69, 9.17) is 5.11 Å². The summed E-state index contributed by atoms with van der Waals surface area (Å²) >= 11 is 1.61. The Morgan fingerprint density at radius 2 is 2.29 bits per heavy atom. The minimum atomic E-state index is -1.02. The number of anilines is 1. The lowest BCUT2D eigenvalue weighted by molar-refractivity contribution is 0.0690. The third-order valence-electron chi connectivity index (χ3n) is 2.13. The van der Waals surface area contributed by atoms with E-state index in [2.05, 4.69) is 15.3 Å². The second kappa shape index (κ2) is 5.40. The minimum absolute atomic E-state index is 0.0456. The highest BCUT2D eigenvalue weighted by molar-refractivity contribution is 7.09. The van der Waals surface area contributed by atoms with E-state index in [-0.39, 0.29) is 5.69 Å². The highest BCUT2D eigenvalue weighted by Gasteiger charge is 2.04. The molecule has 0 saturated heterocycles. The summed E-state index contributed by atoms with van der Waals surface area (Å²) in [6.07, 6.45) is 4.08. The summed E-state index contributed by atoms with van der Waals surface area (Å²) in [5, 5.41) is 14.9. The van der Waals surface area contributed by atoms with Crippen LogP contribution in [0.15, 0.2) is 29.9 Å². The fourth-order valence-electron chi connectivity index (χ4n) is 1.35. The Bertz CT molecular complexity index is 499. The first-order valence-electron chi connectivity index (χ1n) is 5.07. The molecule has 2 rings (SSSR count). The van der Waals surface area contributed by atoms with Crippen LogP contribution in [0.3, 0.4) is 0 Å². The Morgan fingerprint density at radius 3 is 3.00 bits per heavy atom. The molecule has 0 aliphatic heterocycles. The average molecular weight is 249 g/mol. The Labute approximate surface area is 102 Å². The van der Waals surface area contributed by atoms with Gasteiger partial charge in [0.2, 0.25) is 0 Å². The van der Waals surface area contributed by atoms with E-state index in [9.17, 15) is 4.79 Å². The summed E-state index contributed by atoms with van der Waals surface area (Å²) in [4.78, 5) is 18.6. The van der Waals surface area contributed by atoms with Crippen molar-refractivity contribution < 1.29 is 9.90 Å². The molecule has 0 amide bonds. The number of hydrogen-bond acceptors (Lipinski definition) is 5. The predicted octanol–water partition coefficient (Wildman–Crippen LogP) is 1.89. The number of carboxylic acid groups (broad SMARTS) is 1. The van der Waals surface area contributed by atoms with Crippen molar-refractivity contribution in [3.63, 3.8) is 0 Å². The summed E-state index contributed by atoms with van der Waals surface area (Å²) < 4.78 is 0. The van der Waals surface area contributed by atoms with Crippen molar-refractivity contribution in [1.29, 1.82) is 0 Å². The summed E-state index contributed by atoms with van der Waals surface area (Å²) in [5.41, 5.74) is 0.804. The van der Waals surface area contributed by atoms with Gasteiger partial charge in [-0.25, -0.2) is 14.8 Å². The maximum atomic E-state index is 10.7. The number of rotatable bonds is 5. The van der Waals surface area contributed by atoms with Crippen LogP contribution in [0, 0.1) is 0 Å². The number of aromatic carboxylic acids is 1. The van der Waals surface area contributed by atoms with Crippen LogP contribution in [0.2, 0.25) is 0 Å². The van der Waals surface area contributed by atoms with E-state index < -0.39 is 5.97 Å². The van der Waals surface area contributed by atoms with Gasteiger partial charge in [-0.05, 0) is 12.1 Å². The van der Waals surface area contributed by atoms with Crippen LogP contribution >= 0.6 is 11.3 Å². The Kier molecular flexibility index (Phi) is 3.66.